The van der Waals surface area contributed by atoms with E-state index in [-0.39, 0.29) is 11.7 Å². The van der Waals surface area contributed by atoms with Crippen LogP contribution in [0.15, 0.2) is 109 Å². The van der Waals surface area contributed by atoms with E-state index in [1.807, 2.05) is 55.3 Å². The molecule has 0 spiro atoms. The molecule has 0 aliphatic carbocycles. The fourth-order valence-electron chi connectivity index (χ4n) is 5.84. The molecular weight excluding hydrogens is 671 g/mol. The smallest absolute Gasteiger partial charge is 0.246 e. The van der Waals surface area contributed by atoms with Gasteiger partial charge in [-0.05, 0) is 108 Å². The summed E-state index contributed by atoms with van der Waals surface area (Å²) in [6, 6.07) is 31.3. The monoisotopic (exact) mass is 712 g/mol. The predicted molar refractivity (Wildman–Crippen MR) is 200 cm³/mol. The number of nitrogens with zero attached hydrogens (tertiary/aromatic N) is 4. The lowest BCUT2D eigenvalue weighted by Crippen LogP contribution is -2.34. The van der Waals surface area contributed by atoms with Crippen molar-refractivity contribution in [3.8, 4) is 29.2 Å². The van der Waals surface area contributed by atoms with Crippen LogP contribution in [0.2, 0.25) is 0 Å². The van der Waals surface area contributed by atoms with Gasteiger partial charge in [0.2, 0.25) is 11.8 Å². The van der Waals surface area contributed by atoms with Gasteiger partial charge in [0.25, 0.3) is 0 Å². The molecule has 5 aromatic rings. The molecule has 1 aliphatic heterocycles. The van der Waals surface area contributed by atoms with Crippen LogP contribution in [0.4, 0.5) is 4.39 Å². The molecular formula is C43H41FN4O5. The van der Waals surface area contributed by atoms with Crippen molar-refractivity contribution in [2.24, 2.45) is 0 Å². The van der Waals surface area contributed by atoms with Crippen LogP contribution in [-0.2, 0) is 29.2 Å². The van der Waals surface area contributed by atoms with Crippen molar-refractivity contribution in [2.45, 2.75) is 33.4 Å². The van der Waals surface area contributed by atoms with Crippen molar-refractivity contribution < 1.29 is 28.2 Å². The first-order chi connectivity index (χ1) is 25.8. The lowest BCUT2D eigenvalue weighted by Gasteiger charge is -2.20. The second-order valence-corrected chi connectivity index (χ2v) is 12.7. The molecule has 2 heterocycles. The molecule has 0 radical (unpaired) electrons. The molecule has 10 heteroatoms. The van der Waals surface area contributed by atoms with Crippen LogP contribution >= 0.6 is 0 Å². The van der Waals surface area contributed by atoms with Crippen molar-refractivity contribution >= 4 is 12.0 Å². The highest BCUT2D eigenvalue weighted by molar-refractivity contribution is 5.92. The number of carbonyl (C=O) groups is 1. The van der Waals surface area contributed by atoms with E-state index in [1.54, 1.807) is 47.5 Å². The average Bonchev–Trinajstić information content (AvgIpc) is 3.42. The number of halogens is 1. The highest BCUT2D eigenvalue weighted by Crippen LogP contribution is 2.30. The Morgan fingerprint density at radius 3 is 2.26 bits per heavy atom. The van der Waals surface area contributed by atoms with Crippen molar-refractivity contribution in [1.29, 1.82) is 5.26 Å². The maximum absolute atomic E-state index is 13.2. The number of benzene rings is 4. The Balaban J connectivity index is 0.948. The third-order valence-electron chi connectivity index (χ3n) is 8.73. The zero-order valence-corrected chi connectivity index (χ0v) is 29.8. The SMILES string of the molecule is Cc1cc(C=CC(=O)N2CCON(Cc3ccc(CCOc4ccc(F)cc4)cc3)CC2)cc(C)c1Oc1ccc(OCc2ccc(C#N)cc2)cn1. The molecule has 1 amide bonds. The number of amides is 1. The van der Waals surface area contributed by atoms with Gasteiger partial charge in [-0.2, -0.15) is 10.3 Å². The number of ether oxygens (including phenoxy) is 3. The van der Waals surface area contributed by atoms with E-state index >= 15 is 0 Å². The summed E-state index contributed by atoms with van der Waals surface area (Å²) in [6.07, 6.45) is 5.81. The molecule has 53 heavy (non-hydrogen) atoms. The van der Waals surface area contributed by atoms with Crippen molar-refractivity contribution in [3.63, 3.8) is 0 Å². The van der Waals surface area contributed by atoms with Crippen molar-refractivity contribution in [3.05, 3.63) is 154 Å². The Morgan fingerprint density at radius 2 is 1.57 bits per heavy atom. The maximum atomic E-state index is 13.2. The zero-order valence-electron chi connectivity index (χ0n) is 29.8. The molecule has 1 saturated heterocycles. The first-order valence-electron chi connectivity index (χ1n) is 17.5. The molecule has 1 aromatic heterocycles. The highest BCUT2D eigenvalue weighted by atomic mass is 19.1. The Morgan fingerprint density at radius 1 is 0.868 bits per heavy atom. The summed E-state index contributed by atoms with van der Waals surface area (Å²) >= 11 is 0. The number of rotatable bonds is 13. The van der Waals surface area contributed by atoms with E-state index in [4.69, 9.17) is 24.3 Å². The second-order valence-electron chi connectivity index (χ2n) is 12.7. The van der Waals surface area contributed by atoms with Crippen LogP contribution < -0.4 is 14.2 Å². The number of aryl methyl sites for hydroxylation is 2. The number of nitriles is 1. The molecule has 9 nitrogen and oxygen atoms in total. The first kappa shape index (κ1) is 36.8. The molecule has 4 aromatic carbocycles. The van der Waals surface area contributed by atoms with E-state index in [2.05, 4.69) is 35.3 Å². The number of carbonyl (C=O) groups excluding carboxylic acids is 1. The van der Waals surface area contributed by atoms with E-state index in [0.717, 1.165) is 39.8 Å². The molecule has 270 valence electrons. The maximum Gasteiger partial charge on any atom is 0.246 e. The minimum absolute atomic E-state index is 0.0658. The second kappa shape index (κ2) is 18.0. The number of pyridine rings is 1. The Hall–Kier alpha value is -6.02. The quantitative estimate of drug-likeness (QED) is 0.113. The van der Waals surface area contributed by atoms with Gasteiger partial charge in [-0.3, -0.25) is 9.63 Å². The Bertz CT molecular complexity index is 2020. The highest BCUT2D eigenvalue weighted by Gasteiger charge is 2.19. The minimum atomic E-state index is -0.281. The Labute approximate surface area is 309 Å². The third-order valence-corrected chi connectivity index (χ3v) is 8.73. The lowest BCUT2D eigenvalue weighted by atomic mass is 10.1. The van der Waals surface area contributed by atoms with Crippen LogP contribution in [0.5, 0.6) is 23.1 Å². The molecule has 1 aliphatic rings. The minimum Gasteiger partial charge on any atom is -0.493 e. The summed E-state index contributed by atoms with van der Waals surface area (Å²) in [5, 5.41) is 10.9. The predicted octanol–water partition coefficient (Wildman–Crippen LogP) is 7.99. The summed E-state index contributed by atoms with van der Waals surface area (Å²) < 4.78 is 30.8. The average molecular weight is 713 g/mol. The van der Waals surface area contributed by atoms with E-state index < -0.39 is 0 Å². The molecule has 6 rings (SSSR count). The van der Waals surface area contributed by atoms with Crippen molar-refractivity contribution in [2.75, 3.05) is 32.8 Å². The summed E-state index contributed by atoms with van der Waals surface area (Å²) in [4.78, 5) is 25.4. The van der Waals surface area contributed by atoms with E-state index in [0.29, 0.717) is 74.7 Å². The van der Waals surface area contributed by atoms with Gasteiger partial charge in [-0.1, -0.05) is 36.4 Å². The number of hydrogen-bond acceptors (Lipinski definition) is 8. The molecule has 1 fully saturated rings. The van der Waals surface area contributed by atoms with Crippen LogP contribution in [0.25, 0.3) is 6.08 Å². The summed E-state index contributed by atoms with van der Waals surface area (Å²) in [5.74, 6) is 2.07. The van der Waals surface area contributed by atoms with E-state index in [1.165, 1.54) is 12.1 Å². The number of hydrogen-bond donors (Lipinski definition) is 0. The molecule has 0 bridgehead atoms. The fraction of sp³-hybridized carbons (Fsp3) is 0.233. The number of hydroxylamine groups is 2. The first-order valence-corrected chi connectivity index (χ1v) is 17.5. The number of aromatic nitrogens is 1. The largest absolute Gasteiger partial charge is 0.493 e. The third kappa shape index (κ3) is 10.7. The fourth-order valence-corrected chi connectivity index (χ4v) is 5.84. The van der Waals surface area contributed by atoms with Gasteiger partial charge in [0.15, 0.2) is 0 Å². The van der Waals surface area contributed by atoms with E-state index in [9.17, 15) is 9.18 Å². The van der Waals surface area contributed by atoms with Crippen LogP contribution in [0.3, 0.4) is 0 Å². The van der Waals surface area contributed by atoms with Gasteiger partial charge in [-0.25, -0.2) is 9.37 Å². The van der Waals surface area contributed by atoms with Gasteiger partial charge in [0.05, 0.1) is 31.0 Å². The lowest BCUT2D eigenvalue weighted by molar-refractivity contribution is -0.155. The molecule has 0 saturated carbocycles. The van der Waals surface area contributed by atoms with Crippen LogP contribution in [0, 0.1) is 31.0 Å². The summed E-state index contributed by atoms with van der Waals surface area (Å²) in [7, 11) is 0. The summed E-state index contributed by atoms with van der Waals surface area (Å²) in [6.45, 7) is 7.49. The van der Waals surface area contributed by atoms with Gasteiger partial charge in [-0.15, -0.1) is 0 Å². The van der Waals surface area contributed by atoms with Crippen LogP contribution in [-0.4, -0.2) is 53.7 Å². The molecule has 0 atom stereocenters. The standard InChI is InChI=1S/C43H41FN4O5/c1-31-25-37(26-32(2)43(31)53-41-17-16-40(28-46-41)51-30-36-9-5-34(27-45)6-10-36)11-18-42(49)47-20-21-48(52-24-22-47)29-35-7-3-33(4-8-35)19-23-50-39-14-12-38(44)13-15-39/h3-18,25-26,28H,19-24,29-30H2,1-2H3. The Kier molecular flexibility index (Phi) is 12.5. The molecule has 0 unspecified atom stereocenters. The topological polar surface area (TPSA) is 97.2 Å². The van der Waals surface area contributed by atoms with Gasteiger partial charge in [0, 0.05) is 44.7 Å². The zero-order chi connectivity index (χ0) is 37.0. The molecule has 0 N–H and O–H groups in total. The van der Waals surface area contributed by atoms with Crippen LogP contribution in [0.1, 0.15) is 38.9 Å². The van der Waals surface area contributed by atoms with Gasteiger partial charge in [0.1, 0.15) is 29.7 Å². The summed E-state index contributed by atoms with van der Waals surface area (Å²) in [5.41, 5.74) is 6.57. The van der Waals surface area contributed by atoms with Crippen molar-refractivity contribution in [1.82, 2.24) is 14.9 Å². The normalized spacial score (nSPS) is 13.4. The van der Waals surface area contributed by atoms with Gasteiger partial charge >= 0.3 is 0 Å². The van der Waals surface area contributed by atoms with Gasteiger partial charge < -0.3 is 19.1 Å².